The summed E-state index contributed by atoms with van der Waals surface area (Å²) in [5.74, 6) is 1.39. The van der Waals surface area contributed by atoms with Crippen molar-refractivity contribution in [1.82, 2.24) is 9.78 Å². The molecule has 0 bridgehead atoms. The molecule has 0 saturated carbocycles. The van der Waals surface area contributed by atoms with E-state index in [1.54, 1.807) is 18.9 Å². The van der Waals surface area contributed by atoms with Crippen molar-refractivity contribution in [3.8, 4) is 11.5 Å². The second-order valence-corrected chi connectivity index (χ2v) is 5.11. The van der Waals surface area contributed by atoms with Crippen molar-refractivity contribution in [3.63, 3.8) is 0 Å². The van der Waals surface area contributed by atoms with Gasteiger partial charge >= 0.3 is 0 Å². The lowest BCUT2D eigenvalue weighted by Crippen LogP contribution is -2.11. The van der Waals surface area contributed by atoms with Gasteiger partial charge in [-0.25, -0.2) is 0 Å². The minimum Gasteiger partial charge on any atom is -0.493 e. The molecule has 1 unspecified atom stereocenters. The standard InChI is InChI=1S/C16H22N2O3/c1-18-11-13(10-17-18)4-6-14(19)8-12-5-7-15(20-2)16(9-12)21-3/h5,7,9-11,14,19H,4,6,8H2,1-3H3. The summed E-state index contributed by atoms with van der Waals surface area (Å²) in [6.07, 6.45) is 5.55. The van der Waals surface area contributed by atoms with Crippen molar-refractivity contribution < 1.29 is 14.6 Å². The molecule has 0 saturated heterocycles. The minimum absolute atomic E-state index is 0.386. The van der Waals surface area contributed by atoms with E-state index in [9.17, 15) is 5.11 Å². The number of nitrogens with zero attached hydrogens (tertiary/aromatic N) is 2. The van der Waals surface area contributed by atoms with E-state index in [0.717, 1.165) is 17.5 Å². The summed E-state index contributed by atoms with van der Waals surface area (Å²) in [4.78, 5) is 0. The van der Waals surface area contributed by atoms with Crippen LogP contribution in [0.25, 0.3) is 0 Å². The molecule has 0 fully saturated rings. The Hall–Kier alpha value is -2.01. The van der Waals surface area contributed by atoms with E-state index in [1.807, 2.05) is 37.6 Å². The molecule has 0 aliphatic heterocycles. The SMILES string of the molecule is COc1ccc(CC(O)CCc2cnn(C)c2)cc1OC. The molecule has 0 radical (unpaired) electrons. The van der Waals surface area contributed by atoms with Crippen LogP contribution in [0.3, 0.4) is 0 Å². The van der Waals surface area contributed by atoms with E-state index in [1.165, 1.54) is 0 Å². The summed E-state index contributed by atoms with van der Waals surface area (Å²) in [5, 5.41) is 14.3. The van der Waals surface area contributed by atoms with Crippen LogP contribution in [0.1, 0.15) is 17.5 Å². The maximum atomic E-state index is 10.2. The number of hydrogen-bond acceptors (Lipinski definition) is 4. The van der Waals surface area contributed by atoms with Crippen LogP contribution in [0.5, 0.6) is 11.5 Å². The molecule has 0 amide bonds. The van der Waals surface area contributed by atoms with Crippen LogP contribution in [0.15, 0.2) is 30.6 Å². The van der Waals surface area contributed by atoms with Crippen molar-refractivity contribution >= 4 is 0 Å². The number of aliphatic hydroxyl groups excluding tert-OH is 1. The molecule has 5 heteroatoms. The topological polar surface area (TPSA) is 56.5 Å². The van der Waals surface area contributed by atoms with Crippen LogP contribution in [0.2, 0.25) is 0 Å². The first-order valence-electron chi connectivity index (χ1n) is 6.99. The van der Waals surface area contributed by atoms with Crippen LogP contribution in [0.4, 0.5) is 0 Å². The van der Waals surface area contributed by atoms with Gasteiger partial charge in [0.15, 0.2) is 11.5 Å². The molecule has 0 aliphatic carbocycles. The number of ether oxygens (including phenoxy) is 2. The molecule has 2 aromatic rings. The molecule has 0 spiro atoms. The Morgan fingerprint density at radius 3 is 2.57 bits per heavy atom. The predicted octanol–water partition coefficient (Wildman–Crippen LogP) is 1.97. The Balaban J connectivity index is 1.91. The average molecular weight is 290 g/mol. The first-order valence-corrected chi connectivity index (χ1v) is 6.99. The Bertz CT molecular complexity index is 581. The number of aliphatic hydroxyl groups is 1. The molecule has 0 aliphatic rings. The molecule has 1 N–H and O–H groups in total. The van der Waals surface area contributed by atoms with Gasteiger partial charge in [0.2, 0.25) is 0 Å². The Morgan fingerprint density at radius 1 is 1.19 bits per heavy atom. The number of aromatic nitrogens is 2. The fraction of sp³-hybridized carbons (Fsp3) is 0.438. The summed E-state index contributed by atoms with van der Waals surface area (Å²) in [5.41, 5.74) is 2.18. The second-order valence-electron chi connectivity index (χ2n) is 5.11. The van der Waals surface area contributed by atoms with Gasteiger partial charge in [0, 0.05) is 13.2 Å². The second kappa shape index (κ2) is 7.13. The lowest BCUT2D eigenvalue weighted by molar-refractivity contribution is 0.165. The van der Waals surface area contributed by atoms with Crippen LogP contribution < -0.4 is 9.47 Å². The van der Waals surface area contributed by atoms with Gasteiger partial charge < -0.3 is 14.6 Å². The van der Waals surface area contributed by atoms with Crippen molar-refractivity contribution in [2.45, 2.75) is 25.4 Å². The summed E-state index contributed by atoms with van der Waals surface area (Å²) < 4.78 is 12.3. The fourth-order valence-electron chi connectivity index (χ4n) is 2.32. The number of aryl methyl sites for hydroxylation is 2. The molecule has 5 nitrogen and oxygen atoms in total. The van der Waals surface area contributed by atoms with Crippen molar-refractivity contribution in [2.24, 2.45) is 7.05 Å². The number of benzene rings is 1. The van der Waals surface area contributed by atoms with Gasteiger partial charge in [-0.1, -0.05) is 6.07 Å². The molecular weight excluding hydrogens is 268 g/mol. The molecule has 1 aromatic heterocycles. The first-order chi connectivity index (χ1) is 10.1. The van der Waals surface area contributed by atoms with E-state index in [2.05, 4.69) is 5.10 Å². The van der Waals surface area contributed by atoms with Gasteiger partial charge in [-0.2, -0.15) is 5.10 Å². The van der Waals surface area contributed by atoms with Crippen molar-refractivity contribution in [2.75, 3.05) is 14.2 Å². The van der Waals surface area contributed by atoms with E-state index in [4.69, 9.17) is 9.47 Å². The molecule has 21 heavy (non-hydrogen) atoms. The zero-order valence-electron chi connectivity index (χ0n) is 12.7. The number of methoxy groups -OCH3 is 2. The highest BCUT2D eigenvalue weighted by Crippen LogP contribution is 2.28. The average Bonchev–Trinajstić information content (AvgIpc) is 2.90. The maximum Gasteiger partial charge on any atom is 0.160 e. The third-order valence-electron chi connectivity index (χ3n) is 3.44. The van der Waals surface area contributed by atoms with Gasteiger partial charge in [-0.15, -0.1) is 0 Å². The quantitative estimate of drug-likeness (QED) is 0.847. The lowest BCUT2D eigenvalue weighted by atomic mass is 10.0. The van der Waals surface area contributed by atoms with E-state index in [0.29, 0.717) is 24.3 Å². The Kier molecular flexibility index (Phi) is 5.22. The molecular formula is C16H22N2O3. The monoisotopic (exact) mass is 290 g/mol. The normalized spacial score (nSPS) is 12.2. The Labute approximate surface area is 125 Å². The third kappa shape index (κ3) is 4.23. The zero-order chi connectivity index (χ0) is 15.2. The Morgan fingerprint density at radius 2 is 1.95 bits per heavy atom. The number of rotatable bonds is 7. The molecule has 1 aromatic carbocycles. The third-order valence-corrected chi connectivity index (χ3v) is 3.44. The highest BCUT2D eigenvalue weighted by Gasteiger charge is 2.10. The van der Waals surface area contributed by atoms with E-state index < -0.39 is 0 Å². The zero-order valence-corrected chi connectivity index (χ0v) is 12.7. The van der Waals surface area contributed by atoms with Crippen molar-refractivity contribution in [1.29, 1.82) is 0 Å². The summed E-state index contributed by atoms with van der Waals surface area (Å²) in [7, 11) is 5.12. The highest BCUT2D eigenvalue weighted by atomic mass is 16.5. The molecule has 1 atom stereocenters. The fourth-order valence-corrected chi connectivity index (χ4v) is 2.32. The molecule has 2 rings (SSSR count). The van der Waals surface area contributed by atoms with Gasteiger partial charge in [-0.05, 0) is 42.5 Å². The van der Waals surface area contributed by atoms with E-state index in [-0.39, 0.29) is 6.10 Å². The summed E-state index contributed by atoms with van der Waals surface area (Å²) in [6, 6.07) is 5.72. The van der Waals surface area contributed by atoms with Gasteiger partial charge in [0.25, 0.3) is 0 Å². The lowest BCUT2D eigenvalue weighted by Gasteiger charge is -2.13. The first kappa shape index (κ1) is 15.4. The van der Waals surface area contributed by atoms with Crippen LogP contribution in [0, 0.1) is 0 Å². The number of hydrogen-bond donors (Lipinski definition) is 1. The summed E-state index contributed by atoms with van der Waals surface area (Å²) >= 11 is 0. The summed E-state index contributed by atoms with van der Waals surface area (Å²) in [6.45, 7) is 0. The smallest absolute Gasteiger partial charge is 0.160 e. The van der Waals surface area contributed by atoms with Crippen LogP contribution in [-0.4, -0.2) is 35.2 Å². The molecule has 1 heterocycles. The largest absolute Gasteiger partial charge is 0.493 e. The predicted molar refractivity (Wildman–Crippen MR) is 80.8 cm³/mol. The van der Waals surface area contributed by atoms with Crippen LogP contribution in [-0.2, 0) is 19.9 Å². The molecule has 114 valence electrons. The van der Waals surface area contributed by atoms with Gasteiger partial charge in [-0.3, -0.25) is 4.68 Å². The minimum atomic E-state index is -0.386. The maximum absolute atomic E-state index is 10.2. The van der Waals surface area contributed by atoms with E-state index >= 15 is 0 Å². The highest BCUT2D eigenvalue weighted by molar-refractivity contribution is 5.43. The van der Waals surface area contributed by atoms with Gasteiger partial charge in [0.1, 0.15) is 0 Å². The van der Waals surface area contributed by atoms with Gasteiger partial charge in [0.05, 0.1) is 26.5 Å². The van der Waals surface area contributed by atoms with Crippen molar-refractivity contribution in [3.05, 3.63) is 41.7 Å². The van der Waals surface area contributed by atoms with Crippen LogP contribution >= 0.6 is 0 Å².